The molecule has 0 N–H and O–H groups in total. The van der Waals surface area contributed by atoms with Crippen LogP contribution in [0, 0.1) is 17.3 Å². The van der Waals surface area contributed by atoms with Crippen LogP contribution >= 0.6 is 0 Å². The molecular weight excluding hydrogens is 600 g/mol. The van der Waals surface area contributed by atoms with Crippen molar-refractivity contribution in [1.29, 1.82) is 0 Å². The third-order valence-electron chi connectivity index (χ3n) is 10.3. The summed E-state index contributed by atoms with van der Waals surface area (Å²) in [6.07, 6.45) is -1.55. The summed E-state index contributed by atoms with van der Waals surface area (Å²) in [4.78, 5) is 53.8. The molecule has 9 nitrogen and oxygen atoms in total. The van der Waals surface area contributed by atoms with E-state index in [0.717, 1.165) is 0 Å². The Morgan fingerprint density at radius 2 is 1.21 bits per heavy atom. The lowest BCUT2D eigenvalue weighted by molar-refractivity contribution is -0.298. The average Bonchev–Trinajstić information content (AvgIpc) is 3.23. The fraction of sp³-hybridized carbons (Fsp3) is 0.421. The van der Waals surface area contributed by atoms with Crippen LogP contribution in [0.2, 0.25) is 0 Å². The topological polar surface area (TPSA) is 114 Å². The van der Waals surface area contributed by atoms with Crippen LogP contribution in [0.15, 0.2) is 91.0 Å². The van der Waals surface area contributed by atoms with Crippen LogP contribution in [0.3, 0.4) is 0 Å². The van der Waals surface area contributed by atoms with Crippen LogP contribution in [-0.2, 0) is 28.5 Å². The van der Waals surface area contributed by atoms with E-state index in [-0.39, 0.29) is 18.9 Å². The molecule has 0 unspecified atom stereocenters. The van der Waals surface area contributed by atoms with Crippen molar-refractivity contribution in [3.63, 3.8) is 0 Å². The van der Waals surface area contributed by atoms with Crippen LogP contribution < -0.4 is 0 Å². The molecule has 246 valence electrons. The first-order valence-electron chi connectivity index (χ1n) is 16.1. The predicted octanol–water partition coefficient (Wildman–Crippen LogP) is 6.21. The minimum Gasteiger partial charge on any atom is -0.462 e. The van der Waals surface area contributed by atoms with E-state index in [2.05, 4.69) is 0 Å². The minimum atomic E-state index is -1.45. The Morgan fingerprint density at radius 1 is 0.702 bits per heavy atom. The second kappa shape index (κ2) is 12.6. The highest BCUT2D eigenvalue weighted by molar-refractivity contribution is 5.90. The highest BCUT2D eigenvalue weighted by Gasteiger charge is 2.81. The maximum Gasteiger partial charge on any atom is 0.338 e. The summed E-state index contributed by atoms with van der Waals surface area (Å²) in [7, 11) is 0. The molecule has 47 heavy (non-hydrogen) atoms. The smallest absolute Gasteiger partial charge is 0.338 e. The van der Waals surface area contributed by atoms with Crippen LogP contribution in [0.4, 0.5) is 0 Å². The molecule has 0 aromatic heterocycles. The maximum atomic E-state index is 13.8. The van der Waals surface area contributed by atoms with E-state index >= 15 is 0 Å². The van der Waals surface area contributed by atoms with Gasteiger partial charge in [-0.25, -0.2) is 14.4 Å². The van der Waals surface area contributed by atoms with Crippen molar-refractivity contribution in [2.24, 2.45) is 17.3 Å². The number of esters is 4. The van der Waals surface area contributed by atoms with Gasteiger partial charge < -0.3 is 23.7 Å². The van der Waals surface area contributed by atoms with Crippen molar-refractivity contribution in [2.75, 3.05) is 6.61 Å². The molecule has 0 radical (unpaired) electrons. The molecular formula is C38H40O9. The first-order valence-corrected chi connectivity index (χ1v) is 16.1. The van der Waals surface area contributed by atoms with Gasteiger partial charge in [-0.05, 0) is 75.4 Å². The van der Waals surface area contributed by atoms with Crippen molar-refractivity contribution in [1.82, 2.24) is 0 Å². The van der Waals surface area contributed by atoms with E-state index in [1.165, 1.54) is 6.92 Å². The van der Waals surface area contributed by atoms with Gasteiger partial charge in [0.05, 0.1) is 22.3 Å². The Kier molecular flexibility index (Phi) is 8.70. The van der Waals surface area contributed by atoms with Gasteiger partial charge in [0.15, 0.2) is 0 Å². The second-order valence-corrected chi connectivity index (χ2v) is 13.4. The third-order valence-corrected chi connectivity index (χ3v) is 10.3. The highest BCUT2D eigenvalue weighted by atomic mass is 16.6. The van der Waals surface area contributed by atoms with Crippen LogP contribution in [-0.4, -0.2) is 60.0 Å². The number of rotatable bonds is 8. The molecule has 7 atom stereocenters. The standard InChI is InChI=1S/C38H40O9/c1-24-20-21-30(44-25(2)39)37(23-43-33(40)26-14-8-5-9-15-26)31(45-34(41)27-16-10-6-11-17-27)22-29-32(38(24,37)47-36(29,3)4)46-35(42)28-18-12-7-13-19-28/h5-19,24,29-32H,20-23H2,1-4H3/t24-,29+,30-,31-,32-,37+,38+/m1/s1. The van der Waals surface area contributed by atoms with E-state index < -0.39 is 64.7 Å². The van der Waals surface area contributed by atoms with Crippen molar-refractivity contribution in [3.05, 3.63) is 108 Å². The summed E-state index contributed by atoms with van der Waals surface area (Å²) in [6.45, 7) is 6.86. The van der Waals surface area contributed by atoms with Gasteiger partial charge >= 0.3 is 23.9 Å². The van der Waals surface area contributed by atoms with Crippen molar-refractivity contribution < 1.29 is 42.9 Å². The molecule has 3 fully saturated rings. The number of benzene rings is 3. The lowest BCUT2D eigenvalue weighted by atomic mass is 9.48. The number of carbonyl (C=O) groups is 4. The molecule has 2 aliphatic carbocycles. The van der Waals surface area contributed by atoms with Crippen LogP contribution in [0.25, 0.3) is 0 Å². The highest BCUT2D eigenvalue weighted by Crippen LogP contribution is 2.68. The zero-order valence-electron chi connectivity index (χ0n) is 27.0. The zero-order chi connectivity index (χ0) is 33.4. The van der Waals surface area contributed by atoms with Gasteiger partial charge in [0.25, 0.3) is 0 Å². The summed E-state index contributed by atoms with van der Waals surface area (Å²) in [5.41, 5.74) is -2.64. The molecule has 2 saturated carbocycles. The van der Waals surface area contributed by atoms with Gasteiger partial charge in [-0.1, -0.05) is 61.5 Å². The summed E-state index contributed by atoms with van der Waals surface area (Å²) in [6, 6.07) is 25.9. The summed E-state index contributed by atoms with van der Waals surface area (Å²) in [5.74, 6) is -2.95. The van der Waals surface area contributed by atoms with Crippen molar-refractivity contribution >= 4 is 23.9 Å². The number of fused-ring (bicyclic) bond motifs is 1. The molecule has 3 aromatic rings. The molecule has 6 rings (SSSR count). The molecule has 3 aromatic carbocycles. The van der Waals surface area contributed by atoms with E-state index in [4.69, 9.17) is 23.7 Å². The number of ether oxygens (including phenoxy) is 5. The number of carbonyl (C=O) groups excluding carboxylic acids is 4. The Bertz CT molecular complexity index is 1620. The van der Waals surface area contributed by atoms with E-state index in [1.54, 1.807) is 84.9 Å². The van der Waals surface area contributed by atoms with Crippen LogP contribution in [0.1, 0.15) is 78.0 Å². The Balaban J connectivity index is 1.52. The SMILES string of the molecule is CC(=O)O[C@@H]1CC[C@@H](C)[C@@]23OC(C)(C)[C@@H](C[C@@H](OC(=O)c4ccccc4)[C@]12COC(=O)c1ccccc1)[C@H]3OC(=O)c1ccccc1. The minimum absolute atomic E-state index is 0.202. The molecule has 1 saturated heterocycles. The van der Waals surface area contributed by atoms with Gasteiger partial charge in [-0.2, -0.15) is 0 Å². The van der Waals surface area contributed by atoms with Crippen molar-refractivity contribution in [2.45, 2.75) is 76.5 Å². The Labute approximate surface area is 274 Å². The lowest BCUT2D eigenvalue weighted by Crippen LogP contribution is -2.76. The molecule has 1 heterocycles. The van der Waals surface area contributed by atoms with Gasteiger partial charge in [0.1, 0.15) is 35.9 Å². The summed E-state index contributed by atoms with van der Waals surface area (Å²) < 4.78 is 32.2. The predicted molar refractivity (Wildman–Crippen MR) is 170 cm³/mol. The molecule has 1 aliphatic heterocycles. The maximum absolute atomic E-state index is 13.8. The van der Waals surface area contributed by atoms with E-state index in [0.29, 0.717) is 29.5 Å². The summed E-state index contributed by atoms with van der Waals surface area (Å²) >= 11 is 0. The Hall–Kier alpha value is -4.50. The van der Waals surface area contributed by atoms with E-state index in [1.807, 2.05) is 26.8 Å². The first-order chi connectivity index (χ1) is 22.5. The normalized spacial score (nSPS) is 30.3. The Morgan fingerprint density at radius 3 is 1.74 bits per heavy atom. The number of hydrogen-bond acceptors (Lipinski definition) is 9. The average molecular weight is 641 g/mol. The van der Waals surface area contributed by atoms with Gasteiger partial charge in [0, 0.05) is 12.8 Å². The van der Waals surface area contributed by atoms with Crippen LogP contribution in [0.5, 0.6) is 0 Å². The molecule has 0 amide bonds. The second-order valence-electron chi connectivity index (χ2n) is 13.4. The lowest BCUT2D eigenvalue weighted by Gasteiger charge is -2.62. The summed E-state index contributed by atoms with van der Waals surface area (Å²) in [5, 5.41) is 0. The number of hydrogen-bond donors (Lipinski definition) is 0. The first kappa shape index (κ1) is 32.4. The van der Waals surface area contributed by atoms with E-state index in [9.17, 15) is 19.2 Å². The zero-order valence-corrected chi connectivity index (χ0v) is 27.0. The largest absolute Gasteiger partial charge is 0.462 e. The van der Waals surface area contributed by atoms with Gasteiger partial charge in [-0.3, -0.25) is 4.79 Å². The fourth-order valence-corrected chi connectivity index (χ4v) is 8.22. The quantitative estimate of drug-likeness (QED) is 0.209. The molecule has 1 spiro atoms. The monoisotopic (exact) mass is 640 g/mol. The molecule has 9 heteroatoms. The van der Waals surface area contributed by atoms with Gasteiger partial charge in [0.2, 0.25) is 0 Å². The van der Waals surface area contributed by atoms with Gasteiger partial charge in [-0.15, -0.1) is 0 Å². The molecule has 2 bridgehead atoms. The fourth-order valence-electron chi connectivity index (χ4n) is 8.22. The third kappa shape index (κ3) is 5.60. The molecule has 3 aliphatic rings. The van der Waals surface area contributed by atoms with Crippen molar-refractivity contribution in [3.8, 4) is 0 Å².